The minimum absolute atomic E-state index is 0.0766. The van der Waals surface area contributed by atoms with Crippen LogP contribution in [-0.2, 0) is 9.53 Å². The molecular weight excluding hydrogens is 240 g/mol. The minimum Gasteiger partial charge on any atom is -0.368 e. The lowest BCUT2D eigenvalue weighted by Gasteiger charge is -2.22. The third-order valence-electron chi connectivity index (χ3n) is 3.62. The summed E-state index contributed by atoms with van der Waals surface area (Å²) in [5, 5.41) is 6.19. The number of anilines is 1. The molecule has 0 aromatic heterocycles. The monoisotopic (exact) mass is 262 g/mol. The quantitative estimate of drug-likeness (QED) is 0.872. The summed E-state index contributed by atoms with van der Waals surface area (Å²) in [7, 11) is 0. The van der Waals surface area contributed by atoms with Crippen LogP contribution in [0.25, 0.3) is 0 Å². The molecule has 1 heterocycles. The number of aryl methyl sites for hydroxylation is 1. The van der Waals surface area contributed by atoms with E-state index in [1.807, 2.05) is 32.0 Å². The lowest BCUT2D eigenvalue weighted by atomic mass is 10.1. The zero-order valence-corrected chi connectivity index (χ0v) is 11.7. The van der Waals surface area contributed by atoms with E-state index in [4.69, 9.17) is 4.74 Å². The van der Waals surface area contributed by atoms with Crippen molar-refractivity contribution in [3.05, 3.63) is 29.3 Å². The Labute approximate surface area is 114 Å². The van der Waals surface area contributed by atoms with Crippen molar-refractivity contribution in [1.29, 1.82) is 0 Å². The second-order valence-electron chi connectivity index (χ2n) is 5.06. The van der Waals surface area contributed by atoms with Crippen molar-refractivity contribution in [2.24, 2.45) is 0 Å². The van der Waals surface area contributed by atoms with Gasteiger partial charge in [0, 0.05) is 5.69 Å². The second-order valence-corrected chi connectivity index (χ2v) is 5.06. The van der Waals surface area contributed by atoms with Crippen LogP contribution >= 0.6 is 0 Å². The molecule has 0 aliphatic carbocycles. The SMILES string of the molecule is Cc1cccc(NC(=O)COC2CCNCC2)c1C. The molecule has 0 atom stereocenters. The normalized spacial score (nSPS) is 16.3. The van der Waals surface area contributed by atoms with Crippen molar-refractivity contribution in [2.75, 3.05) is 25.0 Å². The number of hydrogen-bond acceptors (Lipinski definition) is 3. The molecular formula is C15H22N2O2. The predicted molar refractivity (Wildman–Crippen MR) is 76.4 cm³/mol. The number of piperidine rings is 1. The van der Waals surface area contributed by atoms with Gasteiger partial charge >= 0.3 is 0 Å². The number of amides is 1. The number of carbonyl (C=O) groups excluding carboxylic acids is 1. The van der Waals surface area contributed by atoms with Gasteiger partial charge in [-0.1, -0.05) is 12.1 Å². The predicted octanol–water partition coefficient (Wildman–Crippen LogP) is 2.01. The van der Waals surface area contributed by atoms with Gasteiger partial charge in [0.15, 0.2) is 0 Å². The van der Waals surface area contributed by atoms with Crippen LogP contribution in [-0.4, -0.2) is 31.7 Å². The Hall–Kier alpha value is -1.39. The van der Waals surface area contributed by atoms with Gasteiger partial charge in [0.05, 0.1) is 6.10 Å². The number of hydrogen-bond donors (Lipinski definition) is 2. The van der Waals surface area contributed by atoms with Crippen LogP contribution in [0.2, 0.25) is 0 Å². The first-order chi connectivity index (χ1) is 9.16. The summed E-state index contributed by atoms with van der Waals surface area (Å²) in [5.41, 5.74) is 3.16. The highest BCUT2D eigenvalue weighted by molar-refractivity contribution is 5.92. The highest BCUT2D eigenvalue weighted by atomic mass is 16.5. The summed E-state index contributed by atoms with van der Waals surface area (Å²) in [5.74, 6) is -0.0766. The Bertz CT molecular complexity index is 440. The maximum absolute atomic E-state index is 11.9. The van der Waals surface area contributed by atoms with Gasteiger partial charge in [-0.15, -0.1) is 0 Å². The van der Waals surface area contributed by atoms with E-state index in [1.54, 1.807) is 0 Å². The second kappa shape index (κ2) is 6.68. The van der Waals surface area contributed by atoms with Gasteiger partial charge in [0.1, 0.15) is 6.61 Å². The van der Waals surface area contributed by atoms with Crippen LogP contribution < -0.4 is 10.6 Å². The summed E-state index contributed by atoms with van der Waals surface area (Å²) in [6.45, 7) is 6.14. The van der Waals surface area contributed by atoms with Gasteiger partial charge in [0.2, 0.25) is 5.91 Å². The molecule has 4 nitrogen and oxygen atoms in total. The van der Waals surface area contributed by atoms with Crippen LogP contribution in [0.3, 0.4) is 0 Å². The molecule has 0 spiro atoms. The molecule has 1 aliphatic rings. The maximum Gasteiger partial charge on any atom is 0.250 e. The van der Waals surface area contributed by atoms with Gasteiger partial charge in [-0.05, 0) is 57.0 Å². The van der Waals surface area contributed by atoms with Gasteiger partial charge in [-0.2, -0.15) is 0 Å². The van der Waals surface area contributed by atoms with E-state index >= 15 is 0 Å². The van der Waals surface area contributed by atoms with Crippen LogP contribution in [0.15, 0.2) is 18.2 Å². The molecule has 0 unspecified atom stereocenters. The summed E-state index contributed by atoms with van der Waals surface area (Å²) in [6.07, 6.45) is 2.18. The molecule has 104 valence electrons. The van der Waals surface area contributed by atoms with Crippen LogP contribution in [0.5, 0.6) is 0 Å². The lowest BCUT2D eigenvalue weighted by Crippen LogP contribution is -2.34. The van der Waals surface area contributed by atoms with Gasteiger partial charge < -0.3 is 15.4 Å². The van der Waals surface area contributed by atoms with Gasteiger partial charge in [0.25, 0.3) is 0 Å². The van der Waals surface area contributed by atoms with Crippen molar-refractivity contribution in [2.45, 2.75) is 32.8 Å². The molecule has 1 aromatic rings. The van der Waals surface area contributed by atoms with E-state index < -0.39 is 0 Å². The average Bonchev–Trinajstić information content (AvgIpc) is 2.43. The highest BCUT2D eigenvalue weighted by Crippen LogP contribution is 2.17. The summed E-state index contributed by atoms with van der Waals surface area (Å²) in [4.78, 5) is 11.9. The Balaban J connectivity index is 1.82. The Kier molecular flexibility index (Phi) is 4.93. The lowest BCUT2D eigenvalue weighted by molar-refractivity contribution is -0.123. The smallest absolute Gasteiger partial charge is 0.250 e. The molecule has 1 fully saturated rings. The average molecular weight is 262 g/mol. The minimum atomic E-state index is -0.0766. The van der Waals surface area contributed by atoms with Crippen molar-refractivity contribution in [1.82, 2.24) is 5.32 Å². The first-order valence-corrected chi connectivity index (χ1v) is 6.85. The van der Waals surface area contributed by atoms with Gasteiger partial charge in [-0.3, -0.25) is 4.79 Å². The maximum atomic E-state index is 11.9. The molecule has 1 saturated heterocycles. The molecule has 1 aliphatic heterocycles. The van der Waals surface area contributed by atoms with Crippen LogP contribution in [0.4, 0.5) is 5.69 Å². The third kappa shape index (κ3) is 4.04. The van der Waals surface area contributed by atoms with E-state index in [0.717, 1.165) is 37.2 Å². The molecule has 0 radical (unpaired) electrons. The Morgan fingerprint density at radius 3 is 2.84 bits per heavy atom. The van der Waals surface area contributed by atoms with Crippen molar-refractivity contribution < 1.29 is 9.53 Å². The van der Waals surface area contributed by atoms with Gasteiger partial charge in [-0.25, -0.2) is 0 Å². The van der Waals surface area contributed by atoms with Crippen LogP contribution in [0, 0.1) is 13.8 Å². The first kappa shape index (κ1) is 14.0. The summed E-state index contributed by atoms with van der Waals surface area (Å²) in [6, 6.07) is 5.91. The molecule has 0 bridgehead atoms. The number of rotatable bonds is 4. The van der Waals surface area contributed by atoms with E-state index in [-0.39, 0.29) is 18.6 Å². The highest BCUT2D eigenvalue weighted by Gasteiger charge is 2.15. The van der Waals surface area contributed by atoms with E-state index in [1.165, 1.54) is 5.56 Å². The Morgan fingerprint density at radius 2 is 2.11 bits per heavy atom. The zero-order chi connectivity index (χ0) is 13.7. The Morgan fingerprint density at radius 1 is 1.37 bits per heavy atom. The number of nitrogens with one attached hydrogen (secondary N) is 2. The summed E-state index contributed by atoms with van der Waals surface area (Å²) >= 11 is 0. The largest absolute Gasteiger partial charge is 0.368 e. The third-order valence-corrected chi connectivity index (χ3v) is 3.62. The van der Waals surface area contributed by atoms with E-state index in [0.29, 0.717) is 0 Å². The molecule has 1 aromatic carbocycles. The fraction of sp³-hybridized carbons (Fsp3) is 0.533. The van der Waals surface area contributed by atoms with Crippen LogP contribution in [0.1, 0.15) is 24.0 Å². The fourth-order valence-electron chi connectivity index (χ4n) is 2.23. The van der Waals surface area contributed by atoms with Crippen molar-refractivity contribution >= 4 is 11.6 Å². The topological polar surface area (TPSA) is 50.4 Å². The van der Waals surface area contributed by atoms with Crippen molar-refractivity contribution in [3.63, 3.8) is 0 Å². The van der Waals surface area contributed by atoms with Crippen molar-refractivity contribution in [3.8, 4) is 0 Å². The number of ether oxygens (including phenoxy) is 1. The molecule has 4 heteroatoms. The molecule has 2 rings (SSSR count). The summed E-state index contributed by atoms with van der Waals surface area (Å²) < 4.78 is 5.64. The number of carbonyl (C=O) groups is 1. The zero-order valence-electron chi connectivity index (χ0n) is 11.7. The standard InChI is InChI=1S/C15H22N2O2/c1-11-4-3-5-14(12(11)2)17-15(18)10-19-13-6-8-16-9-7-13/h3-5,13,16H,6-10H2,1-2H3,(H,17,18). The molecule has 0 saturated carbocycles. The molecule has 19 heavy (non-hydrogen) atoms. The molecule has 1 amide bonds. The van der Waals surface area contributed by atoms with E-state index in [2.05, 4.69) is 10.6 Å². The number of benzene rings is 1. The van der Waals surface area contributed by atoms with E-state index in [9.17, 15) is 4.79 Å². The molecule has 2 N–H and O–H groups in total. The first-order valence-electron chi connectivity index (χ1n) is 6.85. The fourth-order valence-corrected chi connectivity index (χ4v) is 2.23.